The van der Waals surface area contributed by atoms with Gasteiger partial charge in [-0.15, -0.1) is 11.3 Å². The molecule has 0 bridgehead atoms. The van der Waals surface area contributed by atoms with Crippen LogP contribution in [0.3, 0.4) is 0 Å². The zero-order valence-corrected chi connectivity index (χ0v) is 9.65. The van der Waals surface area contributed by atoms with E-state index in [0.29, 0.717) is 0 Å². The van der Waals surface area contributed by atoms with Crippen molar-refractivity contribution in [3.63, 3.8) is 0 Å². The molecule has 2 rings (SSSR count). The van der Waals surface area contributed by atoms with Crippen LogP contribution >= 0.6 is 11.3 Å². The molecule has 1 atom stereocenters. The molecule has 78 valence electrons. The highest BCUT2D eigenvalue weighted by atomic mass is 32.1. The van der Waals surface area contributed by atoms with Crippen LogP contribution in [0.4, 0.5) is 0 Å². The van der Waals surface area contributed by atoms with Crippen molar-refractivity contribution in [1.82, 2.24) is 5.32 Å². The van der Waals surface area contributed by atoms with Crippen molar-refractivity contribution in [2.24, 2.45) is 5.92 Å². The number of thiophene rings is 1. The van der Waals surface area contributed by atoms with Gasteiger partial charge >= 0.3 is 0 Å². The summed E-state index contributed by atoms with van der Waals surface area (Å²) in [6.45, 7) is 3.50. The first-order valence-electron chi connectivity index (χ1n) is 5.62. The summed E-state index contributed by atoms with van der Waals surface area (Å²) in [6, 6.07) is 5.12. The molecule has 1 aromatic heterocycles. The topological polar surface area (TPSA) is 12.0 Å². The van der Waals surface area contributed by atoms with Crippen LogP contribution in [0.15, 0.2) is 17.5 Å². The van der Waals surface area contributed by atoms with Crippen LogP contribution in [-0.2, 0) is 6.42 Å². The van der Waals surface area contributed by atoms with Gasteiger partial charge in [0.15, 0.2) is 0 Å². The highest BCUT2D eigenvalue weighted by Crippen LogP contribution is 2.32. The molecule has 0 spiro atoms. The lowest BCUT2D eigenvalue weighted by atomic mass is 10.2. The predicted octanol–water partition coefficient (Wildman–Crippen LogP) is 3.07. The maximum atomic E-state index is 3.61. The van der Waals surface area contributed by atoms with Gasteiger partial charge in [-0.05, 0) is 56.5 Å². The summed E-state index contributed by atoms with van der Waals surface area (Å²) >= 11 is 1.87. The Morgan fingerprint density at radius 3 is 3.07 bits per heavy atom. The van der Waals surface area contributed by atoms with E-state index < -0.39 is 0 Å². The molecule has 1 aliphatic rings. The molecule has 1 saturated carbocycles. The minimum Gasteiger partial charge on any atom is -0.314 e. The van der Waals surface area contributed by atoms with E-state index in [4.69, 9.17) is 0 Å². The first-order valence-corrected chi connectivity index (χ1v) is 6.50. The van der Waals surface area contributed by atoms with Gasteiger partial charge in [0.1, 0.15) is 0 Å². The lowest BCUT2D eigenvalue weighted by Gasteiger charge is -2.11. The van der Waals surface area contributed by atoms with Gasteiger partial charge in [-0.3, -0.25) is 0 Å². The summed E-state index contributed by atoms with van der Waals surface area (Å²) in [5, 5.41) is 5.77. The van der Waals surface area contributed by atoms with Gasteiger partial charge in [0.05, 0.1) is 0 Å². The van der Waals surface area contributed by atoms with Crippen molar-refractivity contribution in [3.05, 3.63) is 22.4 Å². The fourth-order valence-electron chi connectivity index (χ4n) is 1.81. The zero-order chi connectivity index (χ0) is 9.80. The van der Waals surface area contributed by atoms with Gasteiger partial charge in [-0.2, -0.15) is 0 Å². The van der Waals surface area contributed by atoms with Gasteiger partial charge in [0.25, 0.3) is 0 Å². The molecule has 2 heteroatoms. The second-order valence-corrected chi connectivity index (χ2v) is 5.30. The van der Waals surface area contributed by atoms with E-state index in [0.717, 1.165) is 12.0 Å². The summed E-state index contributed by atoms with van der Waals surface area (Å²) < 4.78 is 0. The first kappa shape index (κ1) is 10.2. The molecule has 14 heavy (non-hydrogen) atoms. The van der Waals surface area contributed by atoms with Crippen molar-refractivity contribution in [2.75, 3.05) is 6.54 Å². The number of nitrogens with one attached hydrogen (secondary N) is 1. The minimum absolute atomic E-state index is 0.748. The Hall–Kier alpha value is -0.340. The van der Waals surface area contributed by atoms with Crippen molar-refractivity contribution in [1.29, 1.82) is 0 Å². The second-order valence-electron chi connectivity index (χ2n) is 4.26. The summed E-state index contributed by atoms with van der Waals surface area (Å²) in [6.07, 6.45) is 5.40. The Kier molecular flexibility index (Phi) is 3.60. The van der Waals surface area contributed by atoms with Gasteiger partial charge < -0.3 is 5.32 Å². The maximum Gasteiger partial charge on any atom is 0.00670 e. The first-order chi connectivity index (χ1) is 6.86. The highest BCUT2D eigenvalue weighted by molar-refractivity contribution is 7.09. The Bertz CT molecular complexity index is 251. The second kappa shape index (κ2) is 4.94. The number of aryl methyl sites for hydroxylation is 1. The molecular weight excluding hydrogens is 190 g/mol. The van der Waals surface area contributed by atoms with Gasteiger partial charge in [-0.1, -0.05) is 6.07 Å². The summed E-state index contributed by atoms with van der Waals surface area (Å²) in [4.78, 5) is 1.52. The fraction of sp³-hybridized carbons (Fsp3) is 0.667. The summed E-state index contributed by atoms with van der Waals surface area (Å²) in [5.74, 6) is 0.983. The van der Waals surface area contributed by atoms with E-state index >= 15 is 0 Å². The number of hydrogen-bond donors (Lipinski definition) is 1. The Balaban J connectivity index is 1.54. The molecule has 1 fully saturated rings. The molecule has 1 aromatic rings. The lowest BCUT2D eigenvalue weighted by Crippen LogP contribution is -2.28. The lowest BCUT2D eigenvalue weighted by molar-refractivity contribution is 0.490. The van der Waals surface area contributed by atoms with E-state index in [-0.39, 0.29) is 0 Å². The molecule has 1 nitrogen and oxygen atoms in total. The van der Waals surface area contributed by atoms with Gasteiger partial charge in [-0.25, -0.2) is 0 Å². The molecule has 1 unspecified atom stereocenters. The van der Waals surface area contributed by atoms with Crippen molar-refractivity contribution >= 4 is 11.3 Å². The van der Waals surface area contributed by atoms with E-state index in [2.05, 4.69) is 29.8 Å². The van der Waals surface area contributed by atoms with Gasteiger partial charge in [0, 0.05) is 10.9 Å². The van der Waals surface area contributed by atoms with Crippen molar-refractivity contribution < 1.29 is 0 Å². The molecule has 0 aromatic carbocycles. The maximum absolute atomic E-state index is 3.61. The highest BCUT2D eigenvalue weighted by Gasteiger charge is 2.26. The molecule has 0 aliphatic heterocycles. The summed E-state index contributed by atoms with van der Waals surface area (Å²) in [7, 11) is 0. The monoisotopic (exact) mass is 209 g/mol. The summed E-state index contributed by atoms with van der Waals surface area (Å²) in [5.41, 5.74) is 0. The predicted molar refractivity (Wildman–Crippen MR) is 62.8 cm³/mol. The molecule has 1 aliphatic carbocycles. The number of rotatable bonds is 6. The zero-order valence-electron chi connectivity index (χ0n) is 8.83. The standard InChI is InChI=1S/C12H19NS/c1-10(11-6-7-11)13-8-2-4-12-5-3-9-14-12/h3,5,9-11,13H,2,4,6-8H2,1H3. The molecule has 0 amide bonds. The third-order valence-corrected chi connectivity index (χ3v) is 3.91. The largest absolute Gasteiger partial charge is 0.314 e. The normalized spacial score (nSPS) is 18.4. The minimum atomic E-state index is 0.748. The molecule has 0 radical (unpaired) electrons. The van der Waals surface area contributed by atoms with Crippen LogP contribution in [0.5, 0.6) is 0 Å². The Morgan fingerprint density at radius 2 is 2.43 bits per heavy atom. The molecule has 0 saturated heterocycles. The fourth-order valence-corrected chi connectivity index (χ4v) is 2.56. The van der Waals surface area contributed by atoms with Crippen LogP contribution in [-0.4, -0.2) is 12.6 Å². The third-order valence-electron chi connectivity index (χ3n) is 2.98. The van der Waals surface area contributed by atoms with E-state index in [1.807, 2.05) is 11.3 Å². The van der Waals surface area contributed by atoms with Crippen LogP contribution in [0, 0.1) is 5.92 Å². The van der Waals surface area contributed by atoms with Crippen LogP contribution < -0.4 is 5.32 Å². The van der Waals surface area contributed by atoms with Crippen LogP contribution in [0.2, 0.25) is 0 Å². The molecule has 1 heterocycles. The van der Waals surface area contributed by atoms with E-state index in [1.165, 1.54) is 37.1 Å². The van der Waals surface area contributed by atoms with Crippen LogP contribution in [0.1, 0.15) is 31.1 Å². The van der Waals surface area contributed by atoms with Crippen molar-refractivity contribution in [3.8, 4) is 0 Å². The smallest absolute Gasteiger partial charge is 0.00670 e. The third kappa shape index (κ3) is 3.10. The Morgan fingerprint density at radius 1 is 1.57 bits per heavy atom. The van der Waals surface area contributed by atoms with Crippen LogP contribution in [0.25, 0.3) is 0 Å². The average molecular weight is 209 g/mol. The average Bonchev–Trinajstić information content (AvgIpc) is 2.92. The van der Waals surface area contributed by atoms with Crippen molar-refractivity contribution in [2.45, 2.75) is 38.6 Å². The molecule has 1 N–H and O–H groups in total. The SMILES string of the molecule is CC(NCCCc1cccs1)C1CC1. The van der Waals surface area contributed by atoms with E-state index in [9.17, 15) is 0 Å². The quantitative estimate of drug-likeness (QED) is 0.710. The van der Waals surface area contributed by atoms with Gasteiger partial charge in [0.2, 0.25) is 0 Å². The van der Waals surface area contributed by atoms with E-state index in [1.54, 1.807) is 0 Å². The molecular formula is C12H19NS. The number of hydrogen-bond acceptors (Lipinski definition) is 2. The Labute approximate surface area is 90.5 Å².